The molecule has 0 saturated carbocycles. The highest BCUT2D eigenvalue weighted by molar-refractivity contribution is 5.81. The molecule has 0 bridgehead atoms. The summed E-state index contributed by atoms with van der Waals surface area (Å²) in [4.78, 5) is 17.0. The third-order valence-electron chi connectivity index (χ3n) is 4.86. The molecule has 2 atom stereocenters. The van der Waals surface area contributed by atoms with E-state index in [0.717, 1.165) is 39.3 Å². The fraction of sp³-hybridized carbons (Fsp3) is 0.941. The van der Waals surface area contributed by atoms with Crippen molar-refractivity contribution >= 4 is 5.91 Å². The second-order valence-corrected chi connectivity index (χ2v) is 7.26. The van der Waals surface area contributed by atoms with Crippen molar-refractivity contribution in [3.05, 3.63) is 0 Å². The van der Waals surface area contributed by atoms with E-state index < -0.39 is 0 Å². The number of carbonyl (C=O) groups excluding carboxylic acids is 1. The highest BCUT2D eigenvalue weighted by Crippen LogP contribution is 2.20. The van der Waals surface area contributed by atoms with Crippen molar-refractivity contribution in [1.29, 1.82) is 0 Å². The Kier molecular flexibility index (Phi) is 6.49. The number of nitrogens with zero attached hydrogens (tertiary/aromatic N) is 2. The molecule has 0 aromatic rings. The predicted octanol–water partition coefficient (Wildman–Crippen LogP) is 1.95. The van der Waals surface area contributed by atoms with Crippen molar-refractivity contribution in [2.75, 3.05) is 39.3 Å². The van der Waals surface area contributed by atoms with E-state index in [0.29, 0.717) is 17.7 Å². The van der Waals surface area contributed by atoms with Crippen LogP contribution in [0.4, 0.5) is 0 Å². The maximum atomic E-state index is 12.5. The Morgan fingerprint density at radius 1 is 1.14 bits per heavy atom. The van der Waals surface area contributed by atoms with E-state index in [4.69, 9.17) is 0 Å². The third kappa shape index (κ3) is 4.96. The van der Waals surface area contributed by atoms with Crippen LogP contribution in [0.25, 0.3) is 0 Å². The Morgan fingerprint density at radius 2 is 1.86 bits per heavy atom. The molecule has 0 aliphatic carbocycles. The normalized spacial score (nSPS) is 25.5. The first-order chi connectivity index (χ1) is 10.1. The highest BCUT2D eigenvalue weighted by Gasteiger charge is 2.30. The van der Waals surface area contributed by atoms with Crippen LogP contribution < -0.4 is 5.32 Å². The SMILES string of the molecule is CC(C)CNCC1CCCN(C(C)C(=O)N2CCCC2)C1. The molecule has 4 nitrogen and oxygen atoms in total. The number of rotatable bonds is 6. The predicted molar refractivity (Wildman–Crippen MR) is 87.3 cm³/mol. The Bertz CT molecular complexity index is 326. The molecule has 0 aromatic carbocycles. The van der Waals surface area contributed by atoms with Crippen molar-refractivity contribution in [2.45, 2.75) is 52.5 Å². The molecule has 21 heavy (non-hydrogen) atoms. The summed E-state index contributed by atoms with van der Waals surface area (Å²) in [6.07, 6.45) is 4.89. The Labute approximate surface area is 130 Å². The zero-order valence-corrected chi connectivity index (χ0v) is 14.1. The van der Waals surface area contributed by atoms with Crippen molar-refractivity contribution in [3.63, 3.8) is 0 Å². The van der Waals surface area contributed by atoms with Gasteiger partial charge in [-0.25, -0.2) is 0 Å². The zero-order valence-electron chi connectivity index (χ0n) is 14.1. The molecule has 4 heteroatoms. The third-order valence-corrected chi connectivity index (χ3v) is 4.86. The average Bonchev–Trinajstić information content (AvgIpc) is 3.00. The molecule has 2 aliphatic rings. The molecule has 2 heterocycles. The molecule has 2 saturated heterocycles. The molecule has 0 spiro atoms. The molecule has 2 aliphatic heterocycles. The topological polar surface area (TPSA) is 35.6 Å². The van der Waals surface area contributed by atoms with Gasteiger partial charge >= 0.3 is 0 Å². The molecule has 1 N–H and O–H groups in total. The number of piperidine rings is 1. The van der Waals surface area contributed by atoms with Crippen molar-refractivity contribution in [2.24, 2.45) is 11.8 Å². The Hall–Kier alpha value is -0.610. The van der Waals surface area contributed by atoms with Gasteiger partial charge in [0.15, 0.2) is 0 Å². The minimum atomic E-state index is 0.0657. The lowest BCUT2D eigenvalue weighted by atomic mass is 9.96. The van der Waals surface area contributed by atoms with E-state index in [1.165, 1.54) is 25.7 Å². The number of nitrogens with one attached hydrogen (secondary N) is 1. The first kappa shape index (κ1) is 16.8. The van der Waals surface area contributed by atoms with Gasteiger partial charge < -0.3 is 10.2 Å². The largest absolute Gasteiger partial charge is 0.341 e. The summed E-state index contributed by atoms with van der Waals surface area (Å²) in [6.45, 7) is 12.9. The molecular weight excluding hydrogens is 262 g/mol. The smallest absolute Gasteiger partial charge is 0.239 e. The summed E-state index contributed by atoms with van der Waals surface area (Å²) in [5, 5.41) is 3.58. The molecular formula is C17H33N3O. The highest BCUT2D eigenvalue weighted by atomic mass is 16.2. The number of amides is 1. The first-order valence-corrected chi connectivity index (χ1v) is 8.81. The van der Waals surface area contributed by atoms with Gasteiger partial charge in [0, 0.05) is 19.6 Å². The van der Waals surface area contributed by atoms with Crippen LogP contribution in [-0.2, 0) is 4.79 Å². The molecule has 0 radical (unpaired) electrons. The van der Waals surface area contributed by atoms with Gasteiger partial charge in [-0.1, -0.05) is 13.8 Å². The van der Waals surface area contributed by atoms with E-state index in [2.05, 4.69) is 35.9 Å². The number of likely N-dealkylation sites (tertiary alicyclic amines) is 2. The number of hydrogen-bond acceptors (Lipinski definition) is 3. The average molecular weight is 295 g/mol. The molecule has 122 valence electrons. The van der Waals surface area contributed by atoms with Gasteiger partial charge in [-0.2, -0.15) is 0 Å². The summed E-state index contributed by atoms with van der Waals surface area (Å²) in [5.41, 5.74) is 0. The van der Waals surface area contributed by atoms with E-state index >= 15 is 0 Å². The minimum absolute atomic E-state index is 0.0657. The van der Waals surface area contributed by atoms with Crippen molar-refractivity contribution in [3.8, 4) is 0 Å². The van der Waals surface area contributed by atoms with Crippen LogP contribution in [0.1, 0.15) is 46.5 Å². The zero-order chi connectivity index (χ0) is 15.2. The van der Waals surface area contributed by atoms with Crippen LogP contribution >= 0.6 is 0 Å². The van der Waals surface area contributed by atoms with Crippen LogP contribution in [0.2, 0.25) is 0 Å². The monoisotopic (exact) mass is 295 g/mol. The molecule has 2 fully saturated rings. The van der Waals surface area contributed by atoms with E-state index in [9.17, 15) is 4.79 Å². The standard InChI is InChI=1S/C17H33N3O/c1-14(2)11-18-12-16-7-6-10-20(13-16)15(3)17(21)19-8-4-5-9-19/h14-16,18H,4-13H2,1-3H3. The lowest BCUT2D eigenvalue weighted by molar-refractivity contribution is -0.136. The van der Waals surface area contributed by atoms with Gasteiger partial charge in [-0.15, -0.1) is 0 Å². The maximum absolute atomic E-state index is 12.5. The van der Waals surface area contributed by atoms with Gasteiger partial charge in [-0.3, -0.25) is 9.69 Å². The van der Waals surface area contributed by atoms with Gasteiger partial charge in [-0.05, 0) is 64.1 Å². The van der Waals surface area contributed by atoms with E-state index in [1.54, 1.807) is 0 Å². The van der Waals surface area contributed by atoms with Gasteiger partial charge in [0.1, 0.15) is 0 Å². The number of carbonyl (C=O) groups is 1. The van der Waals surface area contributed by atoms with Gasteiger partial charge in [0.05, 0.1) is 6.04 Å². The summed E-state index contributed by atoms with van der Waals surface area (Å²) in [5.74, 6) is 1.76. The van der Waals surface area contributed by atoms with E-state index in [-0.39, 0.29) is 6.04 Å². The lowest BCUT2D eigenvalue weighted by Crippen LogP contribution is -2.51. The van der Waals surface area contributed by atoms with Crippen LogP contribution in [-0.4, -0.2) is 61.0 Å². The summed E-state index contributed by atoms with van der Waals surface area (Å²) >= 11 is 0. The summed E-state index contributed by atoms with van der Waals surface area (Å²) in [6, 6.07) is 0.0657. The fourth-order valence-corrected chi connectivity index (χ4v) is 3.55. The first-order valence-electron chi connectivity index (χ1n) is 8.81. The lowest BCUT2D eigenvalue weighted by Gasteiger charge is -2.37. The number of hydrogen-bond donors (Lipinski definition) is 1. The molecule has 0 aromatic heterocycles. The molecule has 2 rings (SSSR count). The van der Waals surface area contributed by atoms with E-state index in [1.807, 2.05) is 0 Å². The van der Waals surface area contributed by atoms with Crippen molar-refractivity contribution in [1.82, 2.24) is 15.1 Å². The van der Waals surface area contributed by atoms with Crippen LogP contribution in [0.15, 0.2) is 0 Å². The minimum Gasteiger partial charge on any atom is -0.341 e. The second-order valence-electron chi connectivity index (χ2n) is 7.26. The molecule has 1 amide bonds. The van der Waals surface area contributed by atoms with Crippen molar-refractivity contribution < 1.29 is 4.79 Å². The second kappa shape index (κ2) is 8.14. The Morgan fingerprint density at radius 3 is 2.52 bits per heavy atom. The quantitative estimate of drug-likeness (QED) is 0.813. The Balaban J connectivity index is 1.78. The van der Waals surface area contributed by atoms with Gasteiger partial charge in [0.25, 0.3) is 0 Å². The maximum Gasteiger partial charge on any atom is 0.239 e. The van der Waals surface area contributed by atoms with Gasteiger partial charge in [0.2, 0.25) is 5.91 Å². The van der Waals surface area contributed by atoms with Crippen LogP contribution in [0.3, 0.4) is 0 Å². The van der Waals surface area contributed by atoms with Crippen LogP contribution in [0.5, 0.6) is 0 Å². The fourth-order valence-electron chi connectivity index (χ4n) is 3.55. The van der Waals surface area contributed by atoms with Crippen LogP contribution in [0, 0.1) is 11.8 Å². The molecule has 2 unspecified atom stereocenters. The summed E-state index contributed by atoms with van der Waals surface area (Å²) < 4.78 is 0. The summed E-state index contributed by atoms with van der Waals surface area (Å²) in [7, 11) is 0.